The van der Waals surface area contributed by atoms with Crippen LogP contribution in [0.2, 0.25) is 0 Å². The number of ketones is 2. The first-order valence-corrected chi connectivity index (χ1v) is 11.5. The normalized spacial score (nSPS) is 26.1. The zero-order chi connectivity index (χ0) is 19.3. The predicted molar refractivity (Wildman–Crippen MR) is 110 cm³/mol. The van der Waals surface area contributed by atoms with Crippen LogP contribution in [-0.4, -0.2) is 60.6 Å². The molecule has 2 aliphatic heterocycles. The molecule has 0 aromatic rings. The van der Waals surface area contributed by atoms with E-state index in [9.17, 15) is 9.59 Å². The lowest BCUT2D eigenvalue weighted by Crippen LogP contribution is -2.50. The van der Waals surface area contributed by atoms with Crippen LogP contribution in [-0.2, 0) is 9.59 Å². The summed E-state index contributed by atoms with van der Waals surface area (Å²) in [6, 6.07) is 0. The quantitative estimate of drug-likeness (QED) is 0.599. The van der Waals surface area contributed by atoms with Crippen LogP contribution >= 0.6 is 0 Å². The van der Waals surface area contributed by atoms with Gasteiger partial charge in [0.05, 0.1) is 5.41 Å². The number of nitrogens with zero attached hydrogens (tertiary/aromatic N) is 2. The number of carbonyl (C=O) groups excluding carboxylic acids is 2. The molecule has 0 unspecified atom stereocenters. The molecule has 2 saturated heterocycles. The Morgan fingerprint density at radius 2 is 1.41 bits per heavy atom. The van der Waals surface area contributed by atoms with Gasteiger partial charge in [0.1, 0.15) is 11.6 Å². The van der Waals surface area contributed by atoms with E-state index >= 15 is 0 Å². The van der Waals surface area contributed by atoms with E-state index in [0.717, 1.165) is 51.7 Å². The number of hydrogen-bond donors (Lipinski definition) is 0. The topological polar surface area (TPSA) is 40.6 Å². The zero-order valence-electron chi connectivity index (χ0n) is 17.7. The van der Waals surface area contributed by atoms with Gasteiger partial charge in [0, 0.05) is 19.4 Å². The molecule has 0 aromatic carbocycles. The lowest BCUT2D eigenvalue weighted by Gasteiger charge is -2.42. The van der Waals surface area contributed by atoms with Crippen molar-refractivity contribution in [2.45, 2.75) is 84.5 Å². The van der Waals surface area contributed by atoms with Gasteiger partial charge in [-0.25, -0.2) is 0 Å². The standard InChI is InChI=1S/C23H40N2O2/c1-3-9-23(10-4-2)20(26)17-22(18-21(23)27)11-16-25(19-22)15-8-14-24-12-6-5-7-13-24/h3-19H2,1-2H3. The molecule has 0 amide bonds. The molecule has 4 heteroatoms. The van der Waals surface area contributed by atoms with Crippen LogP contribution in [0.25, 0.3) is 0 Å². The second-order valence-corrected chi connectivity index (χ2v) is 9.56. The average molecular weight is 377 g/mol. The summed E-state index contributed by atoms with van der Waals surface area (Å²) in [5, 5.41) is 0. The molecule has 3 aliphatic rings. The van der Waals surface area contributed by atoms with Crippen molar-refractivity contribution in [3.05, 3.63) is 0 Å². The second kappa shape index (κ2) is 9.17. The Hall–Kier alpha value is -0.740. The maximum absolute atomic E-state index is 13.1. The fourth-order valence-corrected chi connectivity index (χ4v) is 5.98. The summed E-state index contributed by atoms with van der Waals surface area (Å²) in [6.45, 7) is 11.1. The largest absolute Gasteiger partial charge is 0.303 e. The van der Waals surface area contributed by atoms with Gasteiger partial charge < -0.3 is 9.80 Å². The molecule has 0 aromatic heterocycles. The third-order valence-corrected chi connectivity index (χ3v) is 7.41. The molecular formula is C23H40N2O2. The SMILES string of the molecule is CCCC1(CCC)C(=O)CC2(CCN(CCCN3CCCCC3)C2)CC1=O. The lowest BCUT2D eigenvalue weighted by atomic mass is 9.59. The van der Waals surface area contributed by atoms with Crippen molar-refractivity contribution in [2.24, 2.45) is 10.8 Å². The van der Waals surface area contributed by atoms with E-state index in [1.54, 1.807) is 0 Å². The number of piperidine rings is 1. The number of rotatable bonds is 8. The highest BCUT2D eigenvalue weighted by atomic mass is 16.2. The van der Waals surface area contributed by atoms with Crippen LogP contribution in [0, 0.1) is 10.8 Å². The Bertz CT molecular complexity index is 498. The summed E-state index contributed by atoms with van der Waals surface area (Å²) in [6.07, 6.45) is 11.0. The summed E-state index contributed by atoms with van der Waals surface area (Å²) in [5.41, 5.74) is -0.694. The maximum atomic E-state index is 13.1. The molecule has 0 bridgehead atoms. The van der Waals surface area contributed by atoms with Gasteiger partial charge in [-0.05, 0) is 76.7 Å². The van der Waals surface area contributed by atoms with Crippen LogP contribution in [0.3, 0.4) is 0 Å². The Morgan fingerprint density at radius 3 is 2.00 bits per heavy atom. The number of carbonyl (C=O) groups is 2. The first-order valence-electron chi connectivity index (χ1n) is 11.5. The molecule has 154 valence electrons. The number of hydrogen-bond acceptors (Lipinski definition) is 4. The zero-order valence-corrected chi connectivity index (χ0v) is 17.7. The van der Waals surface area contributed by atoms with E-state index < -0.39 is 5.41 Å². The minimum Gasteiger partial charge on any atom is -0.303 e. The molecular weight excluding hydrogens is 336 g/mol. The minimum atomic E-state index is -0.642. The third-order valence-electron chi connectivity index (χ3n) is 7.41. The van der Waals surface area contributed by atoms with E-state index in [1.807, 2.05) is 0 Å². The van der Waals surface area contributed by atoms with Crippen molar-refractivity contribution >= 4 is 11.6 Å². The second-order valence-electron chi connectivity index (χ2n) is 9.56. The van der Waals surface area contributed by atoms with Crippen LogP contribution in [0.4, 0.5) is 0 Å². The minimum absolute atomic E-state index is 0.0513. The summed E-state index contributed by atoms with van der Waals surface area (Å²) >= 11 is 0. The first kappa shape index (κ1) is 21.0. The molecule has 4 nitrogen and oxygen atoms in total. The number of likely N-dealkylation sites (tertiary alicyclic amines) is 2. The Labute approximate surface area is 166 Å². The third kappa shape index (κ3) is 4.64. The molecule has 1 spiro atoms. The van der Waals surface area contributed by atoms with Crippen LogP contribution in [0.1, 0.15) is 84.5 Å². The van der Waals surface area contributed by atoms with Gasteiger partial charge in [-0.2, -0.15) is 0 Å². The summed E-state index contributed by atoms with van der Waals surface area (Å²) in [4.78, 5) is 31.4. The summed E-state index contributed by atoms with van der Waals surface area (Å²) in [5.74, 6) is 0.523. The maximum Gasteiger partial charge on any atom is 0.147 e. The van der Waals surface area contributed by atoms with Crippen LogP contribution < -0.4 is 0 Å². The van der Waals surface area contributed by atoms with Crippen molar-refractivity contribution in [3.8, 4) is 0 Å². The molecule has 3 rings (SSSR count). The van der Waals surface area contributed by atoms with Crippen LogP contribution in [0.5, 0.6) is 0 Å². The van der Waals surface area contributed by atoms with Gasteiger partial charge >= 0.3 is 0 Å². The Morgan fingerprint density at radius 1 is 0.815 bits per heavy atom. The van der Waals surface area contributed by atoms with E-state index in [0.29, 0.717) is 12.8 Å². The number of Topliss-reactive ketones (excluding diaryl/α,β-unsaturated/α-hetero) is 2. The smallest absolute Gasteiger partial charge is 0.147 e. The first-order chi connectivity index (χ1) is 13.0. The van der Waals surface area contributed by atoms with Gasteiger partial charge in [-0.3, -0.25) is 9.59 Å². The summed E-state index contributed by atoms with van der Waals surface area (Å²) < 4.78 is 0. The average Bonchev–Trinajstić information content (AvgIpc) is 3.03. The molecule has 1 saturated carbocycles. The van der Waals surface area contributed by atoms with Gasteiger partial charge in [0.15, 0.2) is 0 Å². The van der Waals surface area contributed by atoms with Crippen molar-refractivity contribution in [1.82, 2.24) is 9.80 Å². The molecule has 0 radical (unpaired) electrons. The van der Waals surface area contributed by atoms with Crippen molar-refractivity contribution < 1.29 is 9.59 Å². The van der Waals surface area contributed by atoms with Crippen molar-refractivity contribution in [3.63, 3.8) is 0 Å². The van der Waals surface area contributed by atoms with Crippen molar-refractivity contribution in [2.75, 3.05) is 39.3 Å². The fraction of sp³-hybridized carbons (Fsp3) is 0.913. The molecule has 2 heterocycles. The lowest BCUT2D eigenvalue weighted by molar-refractivity contribution is -0.150. The van der Waals surface area contributed by atoms with E-state index in [1.165, 1.54) is 45.3 Å². The molecule has 0 N–H and O–H groups in total. The highest BCUT2D eigenvalue weighted by molar-refractivity contribution is 6.09. The molecule has 0 atom stereocenters. The Kier molecular flexibility index (Phi) is 7.13. The van der Waals surface area contributed by atoms with Gasteiger partial charge in [0.25, 0.3) is 0 Å². The molecule has 1 aliphatic carbocycles. The van der Waals surface area contributed by atoms with Gasteiger partial charge in [-0.1, -0.05) is 33.1 Å². The van der Waals surface area contributed by atoms with E-state index in [-0.39, 0.29) is 17.0 Å². The van der Waals surface area contributed by atoms with Crippen LogP contribution in [0.15, 0.2) is 0 Å². The van der Waals surface area contributed by atoms with E-state index in [2.05, 4.69) is 23.6 Å². The molecule has 3 fully saturated rings. The molecule has 27 heavy (non-hydrogen) atoms. The van der Waals surface area contributed by atoms with E-state index in [4.69, 9.17) is 0 Å². The van der Waals surface area contributed by atoms with Crippen molar-refractivity contribution in [1.29, 1.82) is 0 Å². The summed E-state index contributed by atoms with van der Waals surface area (Å²) in [7, 11) is 0. The Balaban J connectivity index is 1.52. The van der Waals surface area contributed by atoms with Gasteiger partial charge in [0.2, 0.25) is 0 Å². The monoisotopic (exact) mass is 376 g/mol. The highest BCUT2D eigenvalue weighted by Gasteiger charge is 2.54. The highest BCUT2D eigenvalue weighted by Crippen LogP contribution is 2.49. The van der Waals surface area contributed by atoms with Gasteiger partial charge in [-0.15, -0.1) is 0 Å². The fourth-order valence-electron chi connectivity index (χ4n) is 5.98. The predicted octanol–water partition coefficient (Wildman–Crippen LogP) is 4.07.